The number of aliphatic hydroxyl groups is 3. The van der Waals surface area contributed by atoms with E-state index in [1.807, 2.05) is 0 Å². The Morgan fingerprint density at radius 3 is 2.29 bits per heavy atom. The van der Waals surface area contributed by atoms with Gasteiger partial charge in [-0.1, -0.05) is 32.0 Å². The first kappa shape index (κ1) is 27.4. The topological polar surface area (TPSA) is 132 Å². The summed E-state index contributed by atoms with van der Waals surface area (Å²) in [6.07, 6.45) is -4.98. The van der Waals surface area contributed by atoms with Crippen molar-refractivity contribution in [3.63, 3.8) is 0 Å². The maximum absolute atomic E-state index is 14.6. The zero-order valence-corrected chi connectivity index (χ0v) is 22.8. The number of hydrogen-bond acceptors (Lipinski definition) is 9. The molecule has 208 valence electrons. The number of carbonyl (C=O) groups excluding carboxylic acids is 2. The molecule has 3 fully saturated rings. The van der Waals surface area contributed by atoms with Gasteiger partial charge in [0.25, 0.3) is 0 Å². The highest BCUT2D eigenvalue weighted by molar-refractivity contribution is 5.94. The standard InChI is InChI=1S/C29H38O9/c1-15-17(30)13-29(34)24(38-25(32)16-10-8-7-9-11-16)22-27(4,18(35-5)12-19-28(22,33)14-37-19)23(31)21(36-6)20(15)26(29,2)3/h7-11,17-19,21-22,24,30,33-34H,12-14H2,1-6H3/t17-,18-,19+,21+,22-,24-,27+,28-,29+/m0/s1. The molecular formula is C29H38O9. The van der Waals surface area contributed by atoms with Gasteiger partial charge >= 0.3 is 5.97 Å². The largest absolute Gasteiger partial charge is 0.455 e. The summed E-state index contributed by atoms with van der Waals surface area (Å²) < 4.78 is 23.6. The molecular weight excluding hydrogens is 492 g/mol. The molecule has 3 aliphatic carbocycles. The van der Waals surface area contributed by atoms with E-state index in [2.05, 4.69) is 0 Å². The van der Waals surface area contributed by atoms with E-state index in [0.717, 1.165) is 0 Å². The highest BCUT2D eigenvalue weighted by Gasteiger charge is 2.76. The molecule has 2 bridgehead atoms. The Morgan fingerprint density at radius 1 is 1.08 bits per heavy atom. The molecule has 1 aromatic carbocycles. The molecule has 3 N–H and O–H groups in total. The number of Topliss-reactive ketones (excluding diaryl/α,β-unsaturated/α-hetero) is 1. The normalized spacial score (nSPS) is 43.8. The third kappa shape index (κ3) is 3.39. The molecule has 0 spiro atoms. The molecule has 9 atom stereocenters. The average molecular weight is 531 g/mol. The molecule has 1 aliphatic heterocycles. The van der Waals surface area contributed by atoms with E-state index >= 15 is 0 Å². The number of carbonyl (C=O) groups is 2. The lowest BCUT2D eigenvalue weighted by Gasteiger charge is -2.67. The first-order chi connectivity index (χ1) is 17.8. The molecule has 9 nitrogen and oxygen atoms in total. The average Bonchev–Trinajstić information content (AvgIpc) is 2.88. The Hall–Kier alpha value is -2.14. The fraction of sp³-hybridized carbons (Fsp3) is 0.655. The second-order valence-corrected chi connectivity index (χ2v) is 12.0. The number of fused-ring (bicyclic) bond motifs is 5. The summed E-state index contributed by atoms with van der Waals surface area (Å²) in [4.78, 5) is 28.2. The lowest BCUT2D eigenvalue weighted by molar-refractivity contribution is -0.345. The SMILES string of the molecule is CO[C@H]1C(=O)[C@]2(C)[C@@H](OC)C[C@H]3OC[C@@]3(O)[C@H]2[C@H](OC(=O)c2ccccc2)[C@]2(O)C[C@H](O)C(C)=C1C2(C)C. The van der Waals surface area contributed by atoms with Crippen LogP contribution in [0.1, 0.15) is 50.9 Å². The number of esters is 1. The number of hydrogen-bond donors (Lipinski definition) is 3. The van der Waals surface area contributed by atoms with Gasteiger partial charge in [-0.25, -0.2) is 4.79 Å². The van der Waals surface area contributed by atoms with Crippen molar-refractivity contribution in [2.45, 2.75) is 82.3 Å². The second kappa shape index (κ2) is 8.94. The Morgan fingerprint density at radius 2 is 1.74 bits per heavy atom. The number of ketones is 1. The highest BCUT2D eigenvalue weighted by Crippen LogP contribution is 2.63. The molecule has 9 heteroatoms. The summed E-state index contributed by atoms with van der Waals surface area (Å²) in [5, 5.41) is 36.0. The van der Waals surface area contributed by atoms with Crippen molar-refractivity contribution in [1.29, 1.82) is 0 Å². The third-order valence-corrected chi connectivity index (χ3v) is 10.1. The minimum absolute atomic E-state index is 0.0978. The molecule has 1 saturated heterocycles. The van der Waals surface area contributed by atoms with Crippen molar-refractivity contribution in [3.8, 4) is 0 Å². The van der Waals surface area contributed by atoms with Crippen molar-refractivity contribution in [3.05, 3.63) is 47.0 Å². The van der Waals surface area contributed by atoms with Crippen molar-refractivity contribution in [1.82, 2.24) is 0 Å². The Kier molecular flexibility index (Phi) is 6.45. The summed E-state index contributed by atoms with van der Waals surface area (Å²) in [7, 11) is 2.91. The van der Waals surface area contributed by atoms with Gasteiger partial charge in [0.15, 0.2) is 5.78 Å². The molecule has 1 heterocycles. The van der Waals surface area contributed by atoms with Gasteiger partial charge in [0.2, 0.25) is 0 Å². The highest BCUT2D eigenvalue weighted by atomic mass is 16.6. The van der Waals surface area contributed by atoms with Crippen LogP contribution in [0.2, 0.25) is 0 Å². The van der Waals surface area contributed by atoms with Crippen LogP contribution in [0.15, 0.2) is 41.5 Å². The number of aliphatic hydroxyl groups excluding tert-OH is 1. The maximum atomic E-state index is 14.6. The van der Waals surface area contributed by atoms with Crippen LogP contribution in [0.3, 0.4) is 0 Å². The minimum atomic E-state index is -1.89. The van der Waals surface area contributed by atoms with Gasteiger partial charge in [-0.05, 0) is 37.1 Å². The van der Waals surface area contributed by atoms with E-state index in [0.29, 0.717) is 11.1 Å². The lowest BCUT2D eigenvalue weighted by Crippen LogP contribution is -2.81. The van der Waals surface area contributed by atoms with E-state index in [4.69, 9.17) is 18.9 Å². The van der Waals surface area contributed by atoms with Crippen LogP contribution in [0.5, 0.6) is 0 Å². The number of ether oxygens (including phenoxy) is 4. The zero-order valence-electron chi connectivity index (χ0n) is 22.8. The van der Waals surface area contributed by atoms with E-state index in [-0.39, 0.29) is 30.8 Å². The van der Waals surface area contributed by atoms with Gasteiger partial charge in [0, 0.05) is 38.4 Å². The van der Waals surface area contributed by atoms with Crippen LogP contribution in [-0.4, -0.2) is 89.6 Å². The minimum Gasteiger partial charge on any atom is -0.455 e. The summed E-state index contributed by atoms with van der Waals surface area (Å²) >= 11 is 0. The third-order valence-electron chi connectivity index (χ3n) is 10.1. The predicted molar refractivity (Wildman–Crippen MR) is 135 cm³/mol. The van der Waals surface area contributed by atoms with Crippen LogP contribution in [0.4, 0.5) is 0 Å². The van der Waals surface area contributed by atoms with E-state index in [9.17, 15) is 24.9 Å². The fourth-order valence-electron chi connectivity index (χ4n) is 7.77. The van der Waals surface area contributed by atoms with E-state index in [1.165, 1.54) is 14.2 Å². The molecule has 0 aromatic heterocycles. The number of benzene rings is 1. The predicted octanol–water partition coefficient (Wildman–Crippen LogP) is 1.82. The van der Waals surface area contributed by atoms with Crippen molar-refractivity contribution in [2.24, 2.45) is 16.7 Å². The quantitative estimate of drug-likeness (QED) is 0.394. The smallest absolute Gasteiger partial charge is 0.338 e. The molecule has 2 saturated carbocycles. The van der Waals surface area contributed by atoms with Crippen LogP contribution in [0, 0.1) is 16.7 Å². The molecule has 0 radical (unpaired) electrons. The van der Waals surface area contributed by atoms with Crippen molar-refractivity contribution >= 4 is 11.8 Å². The first-order valence-corrected chi connectivity index (χ1v) is 13.1. The van der Waals surface area contributed by atoms with Gasteiger partial charge in [0.1, 0.15) is 23.4 Å². The van der Waals surface area contributed by atoms with Crippen molar-refractivity contribution in [2.75, 3.05) is 20.8 Å². The molecule has 0 unspecified atom stereocenters. The van der Waals surface area contributed by atoms with Crippen molar-refractivity contribution < 1.29 is 43.9 Å². The number of methoxy groups -OCH3 is 2. The van der Waals surface area contributed by atoms with E-state index < -0.39 is 64.4 Å². The molecule has 5 rings (SSSR count). The monoisotopic (exact) mass is 530 g/mol. The summed E-state index contributed by atoms with van der Waals surface area (Å²) in [6.45, 7) is 6.85. The van der Waals surface area contributed by atoms with Crippen LogP contribution in [-0.2, 0) is 23.7 Å². The Bertz CT molecular complexity index is 1160. The van der Waals surface area contributed by atoms with E-state index in [1.54, 1.807) is 58.0 Å². The van der Waals surface area contributed by atoms with Gasteiger partial charge in [-0.3, -0.25) is 4.79 Å². The van der Waals surface area contributed by atoms with Gasteiger partial charge in [-0.2, -0.15) is 0 Å². The summed E-state index contributed by atoms with van der Waals surface area (Å²) in [5.74, 6) is -2.20. The Labute approximate surface area is 222 Å². The first-order valence-electron chi connectivity index (χ1n) is 13.1. The summed E-state index contributed by atoms with van der Waals surface area (Å²) in [6, 6.07) is 8.36. The zero-order chi connectivity index (χ0) is 27.8. The number of rotatable bonds is 4. The maximum Gasteiger partial charge on any atom is 0.338 e. The second-order valence-electron chi connectivity index (χ2n) is 12.0. The Balaban J connectivity index is 1.80. The molecule has 38 heavy (non-hydrogen) atoms. The fourth-order valence-corrected chi connectivity index (χ4v) is 7.77. The van der Waals surface area contributed by atoms with Crippen LogP contribution in [0.25, 0.3) is 0 Å². The molecule has 4 aliphatic rings. The molecule has 0 amide bonds. The van der Waals surface area contributed by atoms with Crippen LogP contribution >= 0.6 is 0 Å². The van der Waals surface area contributed by atoms with Gasteiger partial charge < -0.3 is 34.3 Å². The van der Waals surface area contributed by atoms with Gasteiger partial charge in [0.05, 0.1) is 35.9 Å². The lowest BCUT2D eigenvalue weighted by atomic mass is 9.44. The summed E-state index contributed by atoms with van der Waals surface area (Å²) in [5.41, 5.74) is -4.88. The van der Waals surface area contributed by atoms with Gasteiger partial charge in [-0.15, -0.1) is 0 Å². The molecule has 1 aromatic rings. The van der Waals surface area contributed by atoms with Crippen LogP contribution < -0.4 is 0 Å².